The highest BCUT2D eigenvalue weighted by Crippen LogP contribution is 2.34. The van der Waals surface area contributed by atoms with Crippen LogP contribution in [0.1, 0.15) is 36.0 Å². The number of amides is 2. The summed E-state index contributed by atoms with van der Waals surface area (Å²) in [7, 11) is 1.51. The molecule has 29 heavy (non-hydrogen) atoms. The summed E-state index contributed by atoms with van der Waals surface area (Å²) in [5, 5.41) is 6.08. The lowest BCUT2D eigenvalue weighted by atomic mass is 9.95. The van der Waals surface area contributed by atoms with Crippen molar-refractivity contribution in [3.63, 3.8) is 0 Å². The van der Waals surface area contributed by atoms with E-state index < -0.39 is 5.41 Å². The van der Waals surface area contributed by atoms with Gasteiger partial charge in [-0.1, -0.05) is 32.9 Å². The van der Waals surface area contributed by atoms with Gasteiger partial charge in [0.15, 0.2) is 0 Å². The summed E-state index contributed by atoms with van der Waals surface area (Å²) in [5.41, 5.74) is 1.11. The maximum absolute atomic E-state index is 14.3. The van der Waals surface area contributed by atoms with Crippen LogP contribution in [0, 0.1) is 11.2 Å². The molecule has 0 atom stereocenters. The Bertz CT molecular complexity index is 1070. The number of benzene rings is 2. The first-order chi connectivity index (χ1) is 13.7. The van der Waals surface area contributed by atoms with Gasteiger partial charge in [-0.3, -0.25) is 9.59 Å². The molecule has 3 rings (SSSR count). The quantitative estimate of drug-likeness (QED) is 0.585. The zero-order chi connectivity index (χ0) is 21.2. The lowest BCUT2D eigenvalue weighted by molar-refractivity contribution is -0.123. The molecule has 3 aromatic rings. The van der Waals surface area contributed by atoms with Crippen molar-refractivity contribution in [2.24, 2.45) is 5.41 Å². The number of ether oxygens (including phenoxy) is 1. The molecule has 0 spiro atoms. The van der Waals surface area contributed by atoms with Gasteiger partial charge in [-0.25, -0.2) is 4.39 Å². The number of hydrogen-bond donors (Lipinski definition) is 2. The van der Waals surface area contributed by atoms with Gasteiger partial charge < -0.3 is 15.4 Å². The van der Waals surface area contributed by atoms with Crippen LogP contribution in [0.25, 0.3) is 10.1 Å². The van der Waals surface area contributed by atoms with E-state index in [0.29, 0.717) is 31.9 Å². The topological polar surface area (TPSA) is 67.4 Å². The molecule has 0 unspecified atom stereocenters. The molecule has 0 radical (unpaired) electrons. The van der Waals surface area contributed by atoms with E-state index in [9.17, 15) is 14.0 Å². The molecule has 0 saturated heterocycles. The summed E-state index contributed by atoms with van der Waals surface area (Å²) in [6.07, 6.45) is 0. The van der Waals surface area contributed by atoms with Crippen molar-refractivity contribution in [1.82, 2.24) is 0 Å². The summed E-state index contributed by atoms with van der Waals surface area (Å²) in [6.45, 7) is 5.61. The summed E-state index contributed by atoms with van der Waals surface area (Å²) in [6, 6.07) is 11.7. The third-order valence-electron chi connectivity index (χ3n) is 4.32. The van der Waals surface area contributed by atoms with Gasteiger partial charge >= 0.3 is 0 Å². The van der Waals surface area contributed by atoms with Gasteiger partial charge in [0.25, 0.3) is 5.91 Å². The normalized spacial score (nSPS) is 11.5. The van der Waals surface area contributed by atoms with E-state index in [1.165, 1.54) is 24.5 Å². The standard InChI is InChI=1S/C22H23FN2O3S/c1-22(2,3)21(27)25-14-8-5-7-13(11-14)24-20(26)19-15(12-28-4)18-16(23)9-6-10-17(18)29-19/h5-11H,12H2,1-4H3,(H,24,26)(H,25,27). The van der Waals surface area contributed by atoms with E-state index in [2.05, 4.69) is 10.6 Å². The highest BCUT2D eigenvalue weighted by Gasteiger charge is 2.22. The fourth-order valence-corrected chi connectivity index (χ4v) is 3.93. The van der Waals surface area contributed by atoms with Crippen LogP contribution in [0.3, 0.4) is 0 Å². The molecule has 1 aromatic heterocycles. The molecule has 2 N–H and O–H groups in total. The minimum atomic E-state index is -0.532. The third-order valence-corrected chi connectivity index (χ3v) is 5.51. The van der Waals surface area contributed by atoms with E-state index in [1.54, 1.807) is 36.4 Å². The second-order valence-corrected chi connectivity index (χ2v) is 8.75. The molecule has 2 amide bonds. The van der Waals surface area contributed by atoms with E-state index in [-0.39, 0.29) is 24.2 Å². The first-order valence-electron chi connectivity index (χ1n) is 9.12. The molecule has 0 bridgehead atoms. The van der Waals surface area contributed by atoms with E-state index in [4.69, 9.17) is 4.74 Å². The van der Waals surface area contributed by atoms with Crippen molar-refractivity contribution in [1.29, 1.82) is 0 Å². The largest absolute Gasteiger partial charge is 0.380 e. The Labute approximate surface area is 172 Å². The highest BCUT2D eigenvalue weighted by atomic mass is 32.1. The predicted molar refractivity (Wildman–Crippen MR) is 115 cm³/mol. The number of methoxy groups -OCH3 is 1. The second kappa shape index (κ2) is 8.31. The van der Waals surface area contributed by atoms with Crippen LogP contribution in [-0.2, 0) is 16.1 Å². The smallest absolute Gasteiger partial charge is 0.266 e. The fraction of sp³-hybridized carbons (Fsp3) is 0.273. The lowest BCUT2D eigenvalue weighted by Crippen LogP contribution is -2.27. The van der Waals surface area contributed by atoms with Crippen LogP contribution in [0.15, 0.2) is 42.5 Å². The van der Waals surface area contributed by atoms with Gasteiger partial charge in [0.1, 0.15) is 5.82 Å². The number of halogens is 1. The van der Waals surface area contributed by atoms with Crippen LogP contribution in [-0.4, -0.2) is 18.9 Å². The Kier molecular flexibility index (Phi) is 6.00. The Morgan fingerprint density at radius 2 is 1.72 bits per heavy atom. The van der Waals surface area contributed by atoms with Crippen LogP contribution < -0.4 is 10.6 Å². The molecule has 5 nitrogen and oxygen atoms in total. The number of nitrogens with one attached hydrogen (secondary N) is 2. The molecule has 7 heteroatoms. The predicted octanol–water partition coefficient (Wildman–Crippen LogP) is 5.42. The molecule has 0 aliphatic rings. The Morgan fingerprint density at radius 1 is 1.07 bits per heavy atom. The molecule has 152 valence electrons. The maximum Gasteiger partial charge on any atom is 0.266 e. The molecule has 0 saturated carbocycles. The zero-order valence-electron chi connectivity index (χ0n) is 16.8. The van der Waals surface area contributed by atoms with Gasteiger partial charge in [-0.05, 0) is 30.3 Å². The van der Waals surface area contributed by atoms with E-state index in [0.717, 1.165) is 0 Å². The maximum atomic E-state index is 14.3. The number of anilines is 2. The number of rotatable bonds is 5. The van der Waals surface area contributed by atoms with Crippen molar-refractivity contribution < 1.29 is 18.7 Å². The Morgan fingerprint density at radius 3 is 2.38 bits per heavy atom. The van der Waals surface area contributed by atoms with E-state index >= 15 is 0 Å². The number of carbonyl (C=O) groups excluding carboxylic acids is 2. The van der Waals surface area contributed by atoms with Gasteiger partial charge in [-0.15, -0.1) is 11.3 Å². The first-order valence-corrected chi connectivity index (χ1v) is 9.94. The number of fused-ring (bicyclic) bond motifs is 1. The molecule has 2 aromatic carbocycles. The monoisotopic (exact) mass is 414 g/mol. The number of thiophene rings is 1. The van der Waals surface area contributed by atoms with Crippen molar-refractivity contribution in [3.05, 3.63) is 58.7 Å². The van der Waals surface area contributed by atoms with Crippen molar-refractivity contribution in [3.8, 4) is 0 Å². The van der Waals surface area contributed by atoms with Crippen molar-refractivity contribution >= 4 is 44.6 Å². The molecule has 0 aliphatic carbocycles. The van der Waals surface area contributed by atoms with Gasteiger partial charge in [0, 0.05) is 39.5 Å². The molecule has 1 heterocycles. The first kappa shape index (κ1) is 21.0. The highest BCUT2D eigenvalue weighted by molar-refractivity contribution is 7.21. The number of hydrogen-bond acceptors (Lipinski definition) is 4. The summed E-state index contributed by atoms with van der Waals surface area (Å²) in [5.74, 6) is -0.850. The summed E-state index contributed by atoms with van der Waals surface area (Å²) in [4.78, 5) is 25.5. The van der Waals surface area contributed by atoms with Gasteiger partial charge in [0.05, 0.1) is 11.5 Å². The van der Waals surface area contributed by atoms with Crippen molar-refractivity contribution in [2.75, 3.05) is 17.7 Å². The van der Waals surface area contributed by atoms with Crippen LogP contribution in [0.5, 0.6) is 0 Å². The van der Waals surface area contributed by atoms with Gasteiger partial charge in [0.2, 0.25) is 5.91 Å². The zero-order valence-corrected chi connectivity index (χ0v) is 17.6. The SMILES string of the molecule is COCc1c(C(=O)Nc2cccc(NC(=O)C(C)(C)C)c2)sc2cccc(F)c12. The fourth-order valence-electron chi connectivity index (χ4n) is 2.81. The molecule has 0 aliphatic heterocycles. The molecular formula is C22H23FN2O3S. The summed E-state index contributed by atoms with van der Waals surface area (Å²) >= 11 is 1.22. The second-order valence-electron chi connectivity index (χ2n) is 7.69. The van der Waals surface area contributed by atoms with Gasteiger partial charge in [-0.2, -0.15) is 0 Å². The average Bonchev–Trinajstić information content (AvgIpc) is 3.01. The van der Waals surface area contributed by atoms with E-state index in [1.807, 2.05) is 20.8 Å². The molecule has 0 fully saturated rings. The van der Waals surface area contributed by atoms with Crippen LogP contribution in [0.4, 0.5) is 15.8 Å². The minimum absolute atomic E-state index is 0.122. The number of carbonyl (C=O) groups is 2. The Balaban J connectivity index is 1.88. The molecular weight excluding hydrogens is 391 g/mol. The van der Waals surface area contributed by atoms with Crippen LogP contribution >= 0.6 is 11.3 Å². The third kappa shape index (κ3) is 4.63. The lowest BCUT2D eigenvalue weighted by Gasteiger charge is -2.18. The Hall–Kier alpha value is -2.77. The summed E-state index contributed by atoms with van der Waals surface area (Å²) < 4.78 is 20.2. The minimum Gasteiger partial charge on any atom is -0.380 e. The van der Waals surface area contributed by atoms with Crippen LogP contribution in [0.2, 0.25) is 0 Å². The average molecular weight is 415 g/mol. The van der Waals surface area contributed by atoms with Crippen molar-refractivity contribution in [2.45, 2.75) is 27.4 Å².